The van der Waals surface area contributed by atoms with Crippen LogP contribution < -0.4 is 5.32 Å². The van der Waals surface area contributed by atoms with Gasteiger partial charge in [-0.3, -0.25) is 0 Å². The first-order valence-corrected chi connectivity index (χ1v) is 10.1. The molecule has 3 nitrogen and oxygen atoms in total. The Morgan fingerprint density at radius 3 is 2.35 bits per heavy atom. The Hall–Kier alpha value is -2.03. The van der Waals surface area contributed by atoms with E-state index in [1.807, 2.05) is 48.6 Å². The van der Waals surface area contributed by atoms with Gasteiger partial charge in [0.15, 0.2) is 0 Å². The van der Waals surface area contributed by atoms with Crippen LogP contribution in [0.2, 0.25) is 0 Å². The van der Waals surface area contributed by atoms with Crippen LogP contribution in [0.25, 0.3) is 0 Å². The Bertz CT molecular complexity index is 514. The fraction of sp³-hybridized carbons (Fsp3) is 0.522. The predicted molar refractivity (Wildman–Crippen MR) is 112 cm³/mol. The molecule has 0 bridgehead atoms. The minimum Gasteiger partial charge on any atom is -0.445 e. The van der Waals surface area contributed by atoms with E-state index in [1.54, 1.807) is 0 Å². The number of amides is 1. The lowest BCUT2D eigenvalue weighted by atomic mass is 10.1. The molecular weight excluding hydrogens is 322 g/mol. The van der Waals surface area contributed by atoms with Crippen molar-refractivity contribution < 1.29 is 11.0 Å². The molecule has 0 radical (unpaired) electrons. The van der Waals surface area contributed by atoms with Crippen molar-refractivity contribution in [2.75, 3.05) is 6.61 Å². The zero-order chi connectivity index (χ0) is 18.7. The normalized spacial score (nSPS) is 11.3. The summed E-state index contributed by atoms with van der Waals surface area (Å²) in [5.74, 6) is 0. The highest BCUT2D eigenvalue weighted by Crippen LogP contribution is 2.09. The molecule has 1 aromatic rings. The first-order chi connectivity index (χ1) is 12.8. The topological polar surface area (TPSA) is 38.3 Å². The van der Waals surface area contributed by atoms with Crippen molar-refractivity contribution in [3.05, 3.63) is 60.2 Å². The number of carbonyl (C=O) groups excluding carboxylic acids is 1. The summed E-state index contributed by atoms with van der Waals surface area (Å²) in [6.07, 6.45) is 19.6. The van der Waals surface area contributed by atoms with E-state index in [-0.39, 0.29) is 7.52 Å². The maximum absolute atomic E-state index is 11.5. The van der Waals surface area contributed by atoms with E-state index in [0.717, 1.165) is 12.0 Å². The molecule has 0 atom stereocenters. The van der Waals surface area contributed by atoms with Gasteiger partial charge in [-0.25, -0.2) is 4.79 Å². The summed E-state index contributed by atoms with van der Waals surface area (Å²) in [5, 5.41) is 2.73. The molecule has 0 unspecified atom stereocenters. The number of ether oxygens (including phenoxy) is 1. The Morgan fingerprint density at radius 1 is 0.962 bits per heavy atom. The molecule has 1 aromatic carbocycles. The molecule has 3 heteroatoms. The Kier molecular flexibility index (Phi) is 13.9. The molecule has 146 valence electrons. The monoisotopic (exact) mass is 359 g/mol. The summed E-state index contributed by atoms with van der Waals surface area (Å²) in [4.78, 5) is 11.5. The summed E-state index contributed by atoms with van der Waals surface area (Å²) in [7, 11) is 0. The van der Waals surface area contributed by atoms with Gasteiger partial charge >= 0.3 is 6.09 Å². The SMILES string of the molecule is CCCCCCCCCC/C=C/C=C/COC(=O)NCc1ccccc1.[HH]. The zero-order valence-electron chi connectivity index (χ0n) is 16.3. The molecule has 0 aliphatic heterocycles. The molecule has 0 aromatic heterocycles. The molecule has 0 aliphatic carbocycles. The standard InChI is InChI=1S/C23H35NO2.H2/c1-2-3-4-5-6-7-8-9-10-11-12-13-17-20-26-23(25)24-21-22-18-15-14-16-19-22;/h11-19H,2-10,20-21H2,1H3,(H,24,25);1H/b12-11+,17-13+;. The van der Waals surface area contributed by atoms with E-state index in [4.69, 9.17) is 4.74 Å². The summed E-state index contributed by atoms with van der Waals surface area (Å²) in [5.41, 5.74) is 1.06. The van der Waals surface area contributed by atoms with Crippen LogP contribution in [-0.2, 0) is 11.3 Å². The van der Waals surface area contributed by atoms with Gasteiger partial charge in [-0.15, -0.1) is 0 Å². The van der Waals surface area contributed by atoms with Crippen molar-refractivity contribution in [3.63, 3.8) is 0 Å². The van der Waals surface area contributed by atoms with Crippen LogP contribution in [0.15, 0.2) is 54.6 Å². The van der Waals surface area contributed by atoms with Crippen molar-refractivity contribution in [1.82, 2.24) is 5.32 Å². The van der Waals surface area contributed by atoms with E-state index >= 15 is 0 Å². The second-order valence-corrected chi connectivity index (χ2v) is 6.56. The van der Waals surface area contributed by atoms with Crippen LogP contribution in [0.4, 0.5) is 4.79 Å². The van der Waals surface area contributed by atoms with Crippen LogP contribution >= 0.6 is 0 Å². The molecule has 0 aliphatic rings. The van der Waals surface area contributed by atoms with E-state index in [2.05, 4.69) is 18.3 Å². The first-order valence-electron chi connectivity index (χ1n) is 10.1. The van der Waals surface area contributed by atoms with Crippen LogP contribution in [0.1, 0.15) is 71.7 Å². The number of alkyl carbamates (subject to hydrolysis) is 1. The molecule has 1 amide bonds. The summed E-state index contributed by atoms with van der Waals surface area (Å²) in [6.45, 7) is 3.04. The molecule has 0 heterocycles. The number of carbonyl (C=O) groups is 1. The van der Waals surface area contributed by atoms with Gasteiger partial charge in [0.2, 0.25) is 0 Å². The van der Waals surface area contributed by atoms with Crippen LogP contribution in [0.3, 0.4) is 0 Å². The molecule has 26 heavy (non-hydrogen) atoms. The van der Waals surface area contributed by atoms with Crippen LogP contribution in [-0.4, -0.2) is 12.7 Å². The molecule has 1 N–H and O–H groups in total. The minimum absolute atomic E-state index is 0. The molecule has 1 rings (SSSR count). The number of hydrogen-bond donors (Lipinski definition) is 1. The van der Waals surface area contributed by atoms with Gasteiger partial charge in [0.05, 0.1) is 0 Å². The number of allylic oxidation sites excluding steroid dienone is 3. The molecule has 0 saturated carbocycles. The van der Waals surface area contributed by atoms with Gasteiger partial charge in [-0.2, -0.15) is 0 Å². The van der Waals surface area contributed by atoms with Gasteiger partial charge in [0, 0.05) is 7.97 Å². The lowest BCUT2D eigenvalue weighted by Crippen LogP contribution is -2.23. The Labute approximate surface area is 161 Å². The molecular formula is C23H37NO2. The molecule has 0 fully saturated rings. The smallest absolute Gasteiger partial charge is 0.407 e. The van der Waals surface area contributed by atoms with Gasteiger partial charge in [0.1, 0.15) is 6.61 Å². The van der Waals surface area contributed by atoms with Gasteiger partial charge in [-0.1, -0.05) is 100 Å². The zero-order valence-corrected chi connectivity index (χ0v) is 16.3. The van der Waals surface area contributed by atoms with E-state index in [0.29, 0.717) is 13.2 Å². The number of hydrogen-bond acceptors (Lipinski definition) is 2. The van der Waals surface area contributed by atoms with Crippen molar-refractivity contribution in [2.24, 2.45) is 0 Å². The second kappa shape index (κ2) is 16.4. The lowest BCUT2D eigenvalue weighted by molar-refractivity contribution is 0.157. The maximum atomic E-state index is 11.5. The van der Waals surface area contributed by atoms with Crippen molar-refractivity contribution >= 4 is 6.09 Å². The largest absolute Gasteiger partial charge is 0.445 e. The van der Waals surface area contributed by atoms with Crippen LogP contribution in [0, 0.1) is 0 Å². The van der Waals surface area contributed by atoms with E-state index in [9.17, 15) is 4.79 Å². The highest BCUT2D eigenvalue weighted by molar-refractivity contribution is 5.67. The quantitative estimate of drug-likeness (QED) is 0.293. The lowest BCUT2D eigenvalue weighted by Gasteiger charge is -2.04. The fourth-order valence-corrected chi connectivity index (χ4v) is 2.65. The Morgan fingerprint density at radius 2 is 1.62 bits per heavy atom. The number of unbranched alkanes of at least 4 members (excludes halogenated alkanes) is 8. The van der Waals surface area contributed by atoms with Gasteiger partial charge in [-0.05, 0) is 24.5 Å². The first kappa shape index (κ1) is 22.0. The molecule has 0 spiro atoms. The average molecular weight is 360 g/mol. The second-order valence-electron chi connectivity index (χ2n) is 6.56. The minimum atomic E-state index is -0.388. The van der Waals surface area contributed by atoms with E-state index in [1.165, 1.54) is 51.4 Å². The number of rotatable bonds is 14. The average Bonchev–Trinajstić information content (AvgIpc) is 2.67. The van der Waals surface area contributed by atoms with E-state index < -0.39 is 0 Å². The van der Waals surface area contributed by atoms with Crippen molar-refractivity contribution in [2.45, 2.75) is 71.3 Å². The molecule has 0 saturated heterocycles. The maximum Gasteiger partial charge on any atom is 0.407 e. The Balaban J connectivity index is 0.00000676. The third kappa shape index (κ3) is 13.3. The fourth-order valence-electron chi connectivity index (χ4n) is 2.65. The number of benzene rings is 1. The third-order valence-corrected chi connectivity index (χ3v) is 4.20. The van der Waals surface area contributed by atoms with Gasteiger partial charge in [0.25, 0.3) is 0 Å². The summed E-state index contributed by atoms with van der Waals surface area (Å²) < 4.78 is 5.09. The van der Waals surface area contributed by atoms with Crippen LogP contribution in [0.5, 0.6) is 0 Å². The third-order valence-electron chi connectivity index (χ3n) is 4.20. The van der Waals surface area contributed by atoms with Crippen molar-refractivity contribution in [3.8, 4) is 0 Å². The predicted octanol–water partition coefficient (Wildman–Crippen LogP) is 6.80. The highest BCUT2D eigenvalue weighted by atomic mass is 16.5. The highest BCUT2D eigenvalue weighted by Gasteiger charge is 1.99. The summed E-state index contributed by atoms with van der Waals surface area (Å²) in [6, 6.07) is 9.79. The van der Waals surface area contributed by atoms with Crippen molar-refractivity contribution in [1.29, 1.82) is 0 Å². The van der Waals surface area contributed by atoms with Gasteiger partial charge < -0.3 is 10.1 Å². The summed E-state index contributed by atoms with van der Waals surface area (Å²) >= 11 is 0. The number of nitrogens with one attached hydrogen (secondary N) is 1.